The summed E-state index contributed by atoms with van der Waals surface area (Å²) in [6.45, 7) is 3.75. The van der Waals surface area contributed by atoms with Crippen LogP contribution in [0.1, 0.15) is 17.2 Å². The van der Waals surface area contributed by atoms with Crippen molar-refractivity contribution in [2.45, 2.75) is 13.8 Å². The average Bonchev–Trinajstić information content (AvgIpc) is 2.70. The fourth-order valence-corrected chi connectivity index (χ4v) is 1.06. The maximum Gasteiger partial charge on any atom is 0.252 e. The Morgan fingerprint density at radius 2 is 2.07 bits per heavy atom. The van der Waals surface area contributed by atoms with Gasteiger partial charge >= 0.3 is 0 Å². The van der Waals surface area contributed by atoms with Gasteiger partial charge in [-0.1, -0.05) is 0 Å². The van der Waals surface area contributed by atoms with Crippen molar-refractivity contribution in [1.82, 2.24) is 24.7 Å². The van der Waals surface area contributed by atoms with E-state index in [1.807, 2.05) is 19.9 Å². The van der Waals surface area contributed by atoms with Crippen molar-refractivity contribution >= 4 is 0 Å². The van der Waals surface area contributed by atoms with E-state index in [0.29, 0.717) is 5.82 Å². The second kappa shape index (κ2) is 3.46. The van der Waals surface area contributed by atoms with Crippen molar-refractivity contribution in [3.8, 4) is 11.9 Å². The summed E-state index contributed by atoms with van der Waals surface area (Å²) in [6.07, 6.45) is 3.04. The molecule has 0 unspecified atom stereocenters. The number of hydrogen-bond donors (Lipinski definition) is 0. The minimum atomic E-state index is 0.120. The molecular formula is C9H8N6. The van der Waals surface area contributed by atoms with Gasteiger partial charge < -0.3 is 0 Å². The lowest BCUT2D eigenvalue weighted by molar-refractivity contribution is 0.818. The molecule has 2 aromatic rings. The molecule has 74 valence electrons. The van der Waals surface area contributed by atoms with Gasteiger partial charge in [0.2, 0.25) is 0 Å². The summed E-state index contributed by atoms with van der Waals surface area (Å²) in [5.74, 6) is 0.683. The van der Waals surface area contributed by atoms with E-state index >= 15 is 0 Å². The molecule has 0 aliphatic carbocycles. The third-order valence-electron chi connectivity index (χ3n) is 2.01. The second-order valence-electron chi connectivity index (χ2n) is 3.02. The summed E-state index contributed by atoms with van der Waals surface area (Å²) in [4.78, 5) is 12.2. The Labute approximate surface area is 86.2 Å². The molecule has 0 saturated heterocycles. The molecule has 0 saturated carbocycles. The van der Waals surface area contributed by atoms with Crippen LogP contribution in [0.2, 0.25) is 0 Å². The van der Waals surface area contributed by atoms with Crippen molar-refractivity contribution in [1.29, 1.82) is 5.26 Å². The first-order valence-electron chi connectivity index (χ1n) is 4.33. The van der Waals surface area contributed by atoms with E-state index in [9.17, 15) is 0 Å². The number of aromatic nitrogens is 5. The zero-order valence-electron chi connectivity index (χ0n) is 8.34. The molecule has 0 aromatic carbocycles. The molecule has 2 rings (SSSR count). The molecule has 0 amide bonds. The molecule has 0 spiro atoms. The smallest absolute Gasteiger partial charge is 0.252 e. The van der Waals surface area contributed by atoms with Crippen molar-refractivity contribution in [2.24, 2.45) is 0 Å². The lowest BCUT2D eigenvalue weighted by atomic mass is 10.3. The number of hydrogen-bond acceptors (Lipinski definition) is 5. The zero-order valence-corrected chi connectivity index (χ0v) is 8.34. The number of rotatable bonds is 1. The van der Waals surface area contributed by atoms with Gasteiger partial charge in [-0.2, -0.15) is 9.94 Å². The molecule has 0 fully saturated rings. The Kier molecular flexibility index (Phi) is 2.14. The summed E-state index contributed by atoms with van der Waals surface area (Å²) >= 11 is 0. The number of nitrogens with zero attached hydrogens (tertiary/aromatic N) is 6. The van der Waals surface area contributed by atoms with Crippen LogP contribution in [0.25, 0.3) is 5.82 Å². The fourth-order valence-electron chi connectivity index (χ4n) is 1.06. The van der Waals surface area contributed by atoms with Crippen LogP contribution in [0.3, 0.4) is 0 Å². The predicted molar refractivity (Wildman–Crippen MR) is 51.1 cm³/mol. The highest BCUT2D eigenvalue weighted by Gasteiger charge is 2.04. The standard InChI is InChI=1S/C9H8N6/c1-6-7(2)13-9(4-11-6)15-5-12-8(3-10)14-15/h4-5H,1-2H3. The lowest BCUT2D eigenvalue weighted by Gasteiger charge is -2.01. The summed E-state index contributed by atoms with van der Waals surface area (Å²) < 4.78 is 1.43. The van der Waals surface area contributed by atoms with E-state index < -0.39 is 0 Å². The quantitative estimate of drug-likeness (QED) is 0.671. The van der Waals surface area contributed by atoms with E-state index in [4.69, 9.17) is 5.26 Å². The van der Waals surface area contributed by atoms with Crippen LogP contribution in [-0.4, -0.2) is 24.7 Å². The topological polar surface area (TPSA) is 80.3 Å². The molecule has 6 nitrogen and oxygen atoms in total. The third kappa shape index (κ3) is 1.67. The third-order valence-corrected chi connectivity index (χ3v) is 2.01. The number of nitriles is 1. The van der Waals surface area contributed by atoms with Crippen molar-refractivity contribution in [2.75, 3.05) is 0 Å². The van der Waals surface area contributed by atoms with E-state index in [1.165, 1.54) is 11.0 Å². The Bertz CT molecular complexity index is 536. The maximum absolute atomic E-state index is 8.57. The number of aryl methyl sites for hydroxylation is 2. The molecule has 0 aliphatic heterocycles. The van der Waals surface area contributed by atoms with Crippen LogP contribution in [-0.2, 0) is 0 Å². The van der Waals surface area contributed by atoms with Crippen LogP contribution in [0.15, 0.2) is 12.5 Å². The van der Waals surface area contributed by atoms with Crippen LogP contribution in [0, 0.1) is 25.2 Å². The Balaban J connectivity index is 2.46. The van der Waals surface area contributed by atoms with Crippen molar-refractivity contribution in [3.63, 3.8) is 0 Å². The van der Waals surface area contributed by atoms with Crippen molar-refractivity contribution < 1.29 is 0 Å². The molecular weight excluding hydrogens is 192 g/mol. The van der Waals surface area contributed by atoms with E-state index in [1.54, 1.807) is 6.20 Å². The van der Waals surface area contributed by atoms with Crippen LogP contribution in [0.4, 0.5) is 0 Å². The highest BCUT2D eigenvalue weighted by molar-refractivity contribution is 5.22. The Hall–Kier alpha value is -2.29. The fraction of sp³-hybridized carbons (Fsp3) is 0.222. The monoisotopic (exact) mass is 200 g/mol. The van der Waals surface area contributed by atoms with Crippen molar-refractivity contribution in [3.05, 3.63) is 29.7 Å². The normalized spacial score (nSPS) is 9.93. The highest BCUT2D eigenvalue weighted by atomic mass is 15.4. The molecule has 2 heterocycles. The SMILES string of the molecule is Cc1ncc(-n2cnc(C#N)n2)nc1C. The van der Waals surface area contributed by atoms with E-state index in [-0.39, 0.29) is 5.82 Å². The molecule has 2 aromatic heterocycles. The van der Waals surface area contributed by atoms with Crippen LogP contribution >= 0.6 is 0 Å². The molecule has 0 atom stereocenters. The first-order valence-corrected chi connectivity index (χ1v) is 4.33. The first kappa shape index (κ1) is 9.27. The molecule has 0 N–H and O–H groups in total. The average molecular weight is 200 g/mol. The minimum Gasteiger partial charge on any atom is -0.256 e. The summed E-state index contributed by atoms with van der Waals surface area (Å²) in [6, 6.07) is 1.85. The summed E-state index contributed by atoms with van der Waals surface area (Å²) in [5, 5.41) is 12.5. The van der Waals surface area contributed by atoms with Gasteiger partial charge in [0.05, 0.1) is 17.6 Å². The molecule has 0 bridgehead atoms. The first-order chi connectivity index (χ1) is 7.20. The predicted octanol–water partition coefficient (Wildman–Crippen LogP) is 0.546. The largest absolute Gasteiger partial charge is 0.256 e. The Morgan fingerprint density at radius 1 is 1.27 bits per heavy atom. The summed E-state index contributed by atoms with van der Waals surface area (Å²) in [7, 11) is 0. The van der Waals surface area contributed by atoms with Gasteiger partial charge in [-0.05, 0) is 13.8 Å². The zero-order chi connectivity index (χ0) is 10.8. The van der Waals surface area contributed by atoms with Gasteiger partial charge in [-0.25, -0.2) is 9.97 Å². The van der Waals surface area contributed by atoms with Gasteiger partial charge in [-0.15, -0.1) is 5.10 Å². The van der Waals surface area contributed by atoms with E-state index in [0.717, 1.165) is 11.4 Å². The van der Waals surface area contributed by atoms with Gasteiger partial charge in [0.25, 0.3) is 5.82 Å². The van der Waals surface area contributed by atoms with Gasteiger partial charge in [0.1, 0.15) is 12.4 Å². The molecule has 0 aliphatic rings. The van der Waals surface area contributed by atoms with Gasteiger partial charge in [-0.3, -0.25) is 4.98 Å². The molecule has 6 heteroatoms. The van der Waals surface area contributed by atoms with Crippen LogP contribution < -0.4 is 0 Å². The lowest BCUT2D eigenvalue weighted by Crippen LogP contribution is -2.02. The summed E-state index contributed by atoms with van der Waals surface area (Å²) in [5.41, 5.74) is 1.71. The van der Waals surface area contributed by atoms with Gasteiger partial charge in [0, 0.05) is 0 Å². The van der Waals surface area contributed by atoms with Gasteiger partial charge in [0.15, 0.2) is 5.82 Å². The maximum atomic E-state index is 8.57. The molecule has 15 heavy (non-hydrogen) atoms. The van der Waals surface area contributed by atoms with E-state index in [2.05, 4.69) is 20.1 Å². The molecule has 0 radical (unpaired) electrons. The minimum absolute atomic E-state index is 0.120. The van der Waals surface area contributed by atoms with Crippen LogP contribution in [0.5, 0.6) is 0 Å². The Morgan fingerprint density at radius 3 is 2.67 bits per heavy atom. The highest BCUT2D eigenvalue weighted by Crippen LogP contribution is 2.04. The second-order valence-corrected chi connectivity index (χ2v) is 3.02.